The van der Waals surface area contributed by atoms with Crippen molar-refractivity contribution in [2.24, 2.45) is 12.0 Å². The number of hydrogen-bond acceptors (Lipinski definition) is 2. The van der Waals surface area contributed by atoms with E-state index in [0.29, 0.717) is 0 Å². The van der Waals surface area contributed by atoms with Gasteiger partial charge in [0, 0.05) is 23.7 Å². The number of fused-ring (bicyclic) bond motifs is 1. The van der Waals surface area contributed by atoms with Gasteiger partial charge < -0.3 is 4.57 Å². The van der Waals surface area contributed by atoms with Crippen LogP contribution in [0.25, 0.3) is 22.0 Å². The fraction of sp³-hybridized carbons (Fsp3) is 0.182. The number of benzene rings is 2. The van der Waals surface area contributed by atoms with Gasteiger partial charge >= 0.3 is 0 Å². The summed E-state index contributed by atoms with van der Waals surface area (Å²) in [6.45, 7) is 6.17. The number of imidazole rings is 1. The summed E-state index contributed by atoms with van der Waals surface area (Å²) in [6.07, 6.45) is 11.8. The number of allylic oxidation sites excluding steroid dienone is 4. The Hall–Kier alpha value is -2.94. The van der Waals surface area contributed by atoms with Crippen LogP contribution in [0.5, 0.6) is 0 Å². The van der Waals surface area contributed by atoms with Gasteiger partial charge in [0.05, 0.1) is 23.9 Å². The molecule has 0 unspecified atom stereocenters. The molecule has 3 aromatic rings. The van der Waals surface area contributed by atoms with E-state index in [4.69, 9.17) is 4.99 Å². The zero-order valence-electron chi connectivity index (χ0n) is 15.2. The maximum Gasteiger partial charge on any atom is 0.0948 e. The Morgan fingerprint density at radius 2 is 2.00 bits per heavy atom. The van der Waals surface area contributed by atoms with Gasteiger partial charge in [-0.1, -0.05) is 42.5 Å². The molecule has 2 aromatic carbocycles. The highest BCUT2D eigenvalue weighted by molar-refractivity contribution is 6.03. The van der Waals surface area contributed by atoms with E-state index in [0.717, 1.165) is 17.1 Å². The molecule has 0 radical (unpaired) electrons. The first-order valence-corrected chi connectivity index (χ1v) is 8.45. The van der Waals surface area contributed by atoms with Crippen molar-refractivity contribution in [3.05, 3.63) is 72.7 Å². The minimum atomic E-state index is 0.980. The normalized spacial score (nSPS) is 12.7. The van der Waals surface area contributed by atoms with E-state index >= 15 is 0 Å². The summed E-state index contributed by atoms with van der Waals surface area (Å²) in [4.78, 5) is 9.19. The molecule has 3 nitrogen and oxygen atoms in total. The van der Waals surface area contributed by atoms with Crippen LogP contribution in [-0.2, 0) is 7.05 Å². The lowest BCUT2D eigenvalue weighted by atomic mass is 9.97. The average molecular weight is 329 g/mol. The quantitative estimate of drug-likeness (QED) is 0.441. The highest BCUT2D eigenvalue weighted by Gasteiger charge is 2.13. The molecule has 0 fully saturated rings. The molecule has 0 N–H and O–H groups in total. The maximum absolute atomic E-state index is 4.93. The predicted molar refractivity (Wildman–Crippen MR) is 108 cm³/mol. The van der Waals surface area contributed by atoms with Crippen molar-refractivity contribution in [1.29, 1.82) is 0 Å². The summed E-state index contributed by atoms with van der Waals surface area (Å²) in [5.74, 6) is 0. The molecule has 25 heavy (non-hydrogen) atoms. The number of aliphatic imine (C=N–C) groups is 1. The van der Waals surface area contributed by atoms with Crippen LogP contribution in [0, 0.1) is 6.92 Å². The van der Waals surface area contributed by atoms with Gasteiger partial charge in [0.25, 0.3) is 0 Å². The van der Waals surface area contributed by atoms with Gasteiger partial charge in [0.1, 0.15) is 0 Å². The van der Waals surface area contributed by atoms with Gasteiger partial charge in [-0.25, -0.2) is 4.98 Å². The fourth-order valence-corrected chi connectivity index (χ4v) is 2.98. The van der Waals surface area contributed by atoms with E-state index < -0.39 is 0 Å². The van der Waals surface area contributed by atoms with E-state index in [2.05, 4.69) is 42.2 Å². The van der Waals surface area contributed by atoms with Gasteiger partial charge in [0.2, 0.25) is 0 Å². The van der Waals surface area contributed by atoms with Crippen molar-refractivity contribution < 1.29 is 0 Å². The topological polar surface area (TPSA) is 30.2 Å². The number of rotatable bonds is 4. The van der Waals surface area contributed by atoms with Gasteiger partial charge in [-0.05, 0) is 43.9 Å². The van der Waals surface area contributed by atoms with Gasteiger partial charge in [-0.2, -0.15) is 0 Å². The van der Waals surface area contributed by atoms with Crippen LogP contribution in [0.1, 0.15) is 19.4 Å². The minimum absolute atomic E-state index is 0.980. The SMILES string of the molecule is C\C=C/C=C\C(C)=N\c1c(C)c(-c2cncn2C)cc2ccccc12. The third-order valence-corrected chi connectivity index (χ3v) is 4.30. The van der Waals surface area contributed by atoms with E-state index in [1.54, 1.807) is 0 Å². The number of nitrogens with zero attached hydrogens (tertiary/aromatic N) is 3. The fourth-order valence-electron chi connectivity index (χ4n) is 2.98. The van der Waals surface area contributed by atoms with Crippen molar-refractivity contribution in [2.45, 2.75) is 20.8 Å². The van der Waals surface area contributed by atoms with Crippen molar-refractivity contribution in [3.63, 3.8) is 0 Å². The van der Waals surface area contributed by atoms with E-state index in [-0.39, 0.29) is 0 Å². The van der Waals surface area contributed by atoms with Crippen molar-refractivity contribution in [2.75, 3.05) is 0 Å². The van der Waals surface area contributed by atoms with Crippen LogP contribution < -0.4 is 0 Å². The molecule has 3 rings (SSSR count). The first-order chi connectivity index (χ1) is 12.1. The standard InChI is InChI=1S/C22H23N3/c1-5-6-7-10-16(2)24-22-17(3)20(21-14-23-15-25(21)4)13-18-11-8-9-12-19(18)22/h5-15H,1-4H3/b6-5-,10-7-,24-16+. The Morgan fingerprint density at radius 3 is 2.72 bits per heavy atom. The third kappa shape index (κ3) is 3.45. The molecule has 0 saturated carbocycles. The second-order valence-electron chi connectivity index (χ2n) is 6.15. The van der Waals surface area contributed by atoms with Crippen LogP contribution in [0.3, 0.4) is 0 Å². The molecule has 1 aromatic heterocycles. The first kappa shape index (κ1) is 16.9. The average Bonchev–Trinajstić information content (AvgIpc) is 3.03. The molecular formula is C22H23N3. The van der Waals surface area contributed by atoms with Crippen molar-refractivity contribution >= 4 is 22.2 Å². The lowest BCUT2D eigenvalue weighted by Crippen LogP contribution is -1.94. The summed E-state index contributed by atoms with van der Waals surface area (Å²) in [5, 5.41) is 2.36. The largest absolute Gasteiger partial charge is 0.334 e. The molecule has 1 heterocycles. The Balaban J connectivity index is 2.24. The second kappa shape index (κ2) is 7.31. The van der Waals surface area contributed by atoms with Crippen LogP contribution in [0.4, 0.5) is 5.69 Å². The summed E-state index contributed by atoms with van der Waals surface area (Å²) < 4.78 is 2.05. The second-order valence-corrected chi connectivity index (χ2v) is 6.15. The molecule has 0 atom stereocenters. The van der Waals surface area contributed by atoms with Crippen molar-refractivity contribution in [3.8, 4) is 11.3 Å². The highest BCUT2D eigenvalue weighted by Crippen LogP contribution is 2.37. The molecule has 0 bridgehead atoms. The summed E-state index contributed by atoms with van der Waals surface area (Å²) in [5.41, 5.74) is 5.44. The zero-order chi connectivity index (χ0) is 17.8. The van der Waals surface area contributed by atoms with Crippen LogP contribution in [-0.4, -0.2) is 15.3 Å². The molecule has 0 saturated heterocycles. The van der Waals surface area contributed by atoms with Gasteiger partial charge in [-0.15, -0.1) is 0 Å². The molecule has 0 aliphatic rings. The Morgan fingerprint density at radius 1 is 1.20 bits per heavy atom. The van der Waals surface area contributed by atoms with E-state index in [1.807, 2.05) is 62.3 Å². The molecule has 0 aliphatic heterocycles. The number of aryl methyl sites for hydroxylation is 1. The molecule has 0 amide bonds. The first-order valence-electron chi connectivity index (χ1n) is 8.45. The monoisotopic (exact) mass is 329 g/mol. The lowest BCUT2D eigenvalue weighted by Gasteiger charge is -2.13. The summed E-state index contributed by atoms with van der Waals surface area (Å²) >= 11 is 0. The van der Waals surface area contributed by atoms with Crippen LogP contribution in [0.2, 0.25) is 0 Å². The van der Waals surface area contributed by atoms with Crippen LogP contribution >= 0.6 is 0 Å². The molecule has 0 spiro atoms. The number of hydrogen-bond donors (Lipinski definition) is 0. The predicted octanol–water partition coefficient (Wildman–Crippen LogP) is 5.77. The molecule has 126 valence electrons. The van der Waals surface area contributed by atoms with Crippen molar-refractivity contribution in [1.82, 2.24) is 9.55 Å². The summed E-state index contributed by atoms with van der Waals surface area (Å²) in [6, 6.07) is 10.6. The Kier molecular flexibility index (Phi) is 4.94. The maximum atomic E-state index is 4.93. The zero-order valence-corrected chi connectivity index (χ0v) is 15.2. The van der Waals surface area contributed by atoms with Gasteiger partial charge in [0.15, 0.2) is 0 Å². The highest BCUT2D eigenvalue weighted by atomic mass is 15.0. The molecular weight excluding hydrogens is 306 g/mol. The van der Waals surface area contributed by atoms with E-state index in [9.17, 15) is 0 Å². The smallest absolute Gasteiger partial charge is 0.0948 e. The lowest BCUT2D eigenvalue weighted by molar-refractivity contribution is 0.920. The molecule has 3 heteroatoms. The van der Waals surface area contributed by atoms with E-state index in [1.165, 1.54) is 21.9 Å². The Bertz CT molecular complexity index is 988. The number of aromatic nitrogens is 2. The third-order valence-electron chi connectivity index (χ3n) is 4.30. The minimum Gasteiger partial charge on any atom is -0.334 e. The summed E-state index contributed by atoms with van der Waals surface area (Å²) in [7, 11) is 2.02. The van der Waals surface area contributed by atoms with Gasteiger partial charge in [-0.3, -0.25) is 4.99 Å². The Labute approximate surface area is 149 Å². The molecule has 0 aliphatic carbocycles. The van der Waals surface area contributed by atoms with Crippen LogP contribution in [0.15, 0.2) is 72.2 Å².